The minimum Gasteiger partial charge on any atom is -0.322 e. The quantitative estimate of drug-likeness (QED) is 0.904. The van der Waals surface area contributed by atoms with Crippen molar-refractivity contribution in [1.29, 1.82) is 0 Å². The largest absolute Gasteiger partial charge is 0.322 e. The lowest BCUT2D eigenvalue weighted by molar-refractivity contribution is 0.182. The van der Waals surface area contributed by atoms with Gasteiger partial charge in [-0.15, -0.1) is 0 Å². The highest BCUT2D eigenvalue weighted by molar-refractivity contribution is 7.92. The Morgan fingerprint density at radius 1 is 1.08 bits per heavy atom. The molecule has 1 saturated heterocycles. The van der Waals surface area contributed by atoms with Gasteiger partial charge in [0.2, 0.25) is 0 Å². The molecule has 3 rings (SSSR count). The predicted molar refractivity (Wildman–Crippen MR) is 89.4 cm³/mol. The number of benzene rings is 2. The van der Waals surface area contributed by atoms with E-state index in [9.17, 15) is 17.6 Å². The lowest BCUT2D eigenvalue weighted by Crippen LogP contribution is -2.58. The van der Waals surface area contributed by atoms with Crippen molar-refractivity contribution in [2.45, 2.75) is 10.1 Å². The smallest absolute Gasteiger partial charge is 0.321 e. The van der Waals surface area contributed by atoms with Gasteiger partial charge in [-0.2, -0.15) is 0 Å². The molecule has 1 aliphatic rings. The summed E-state index contributed by atoms with van der Waals surface area (Å²) in [6, 6.07) is 10.9. The lowest BCUT2D eigenvalue weighted by atomic mass is 10.2. The highest BCUT2D eigenvalue weighted by Crippen LogP contribution is 2.25. The van der Waals surface area contributed by atoms with Crippen LogP contribution in [-0.4, -0.2) is 37.7 Å². The molecule has 1 heterocycles. The zero-order valence-electron chi connectivity index (χ0n) is 12.4. The maximum absolute atomic E-state index is 12.8. The first-order chi connectivity index (χ1) is 11.4. The molecule has 5 nitrogen and oxygen atoms in total. The number of carbonyl (C=O) groups excluding carboxylic acids is 1. The molecule has 1 N–H and O–H groups in total. The fourth-order valence-corrected chi connectivity index (χ4v) is 4.13. The van der Waals surface area contributed by atoms with Gasteiger partial charge in [0, 0.05) is 23.8 Å². The van der Waals surface area contributed by atoms with Crippen molar-refractivity contribution in [1.82, 2.24) is 4.90 Å². The number of amides is 2. The Hall–Kier alpha value is -2.12. The van der Waals surface area contributed by atoms with Gasteiger partial charge in [0.25, 0.3) is 0 Å². The number of rotatable bonds is 3. The second kappa shape index (κ2) is 6.41. The van der Waals surface area contributed by atoms with Gasteiger partial charge in [0.1, 0.15) is 11.1 Å². The van der Waals surface area contributed by atoms with Crippen LogP contribution in [-0.2, 0) is 9.84 Å². The number of hydrogen-bond donors (Lipinski definition) is 1. The van der Waals surface area contributed by atoms with Crippen LogP contribution < -0.4 is 5.32 Å². The Labute approximate surface area is 144 Å². The third-order valence-electron chi connectivity index (χ3n) is 3.81. The maximum Gasteiger partial charge on any atom is 0.321 e. The standard InChI is InChI=1S/C16H14ClFN2O3S/c17-11-1-7-14(8-2-11)24(22,23)15-9-20(10-15)16(21)19-13-5-3-12(18)4-6-13/h1-8,15H,9-10H2,(H,19,21). The van der Waals surface area contributed by atoms with E-state index in [1.54, 1.807) is 0 Å². The van der Waals surface area contributed by atoms with Crippen molar-refractivity contribution >= 4 is 33.2 Å². The van der Waals surface area contributed by atoms with Crippen molar-refractivity contribution < 1.29 is 17.6 Å². The summed E-state index contributed by atoms with van der Waals surface area (Å²) in [6.45, 7) is 0.218. The second-order valence-corrected chi connectivity index (χ2v) is 8.13. The minimum atomic E-state index is -3.49. The van der Waals surface area contributed by atoms with E-state index in [-0.39, 0.29) is 18.0 Å². The molecule has 24 heavy (non-hydrogen) atoms. The van der Waals surface area contributed by atoms with Crippen molar-refractivity contribution in [3.05, 3.63) is 59.4 Å². The zero-order chi connectivity index (χ0) is 17.3. The van der Waals surface area contributed by atoms with Gasteiger partial charge in [-0.3, -0.25) is 0 Å². The number of carbonyl (C=O) groups is 1. The molecular formula is C16H14ClFN2O3S. The molecule has 0 aromatic heterocycles. The summed E-state index contributed by atoms with van der Waals surface area (Å²) < 4.78 is 37.7. The van der Waals surface area contributed by atoms with Crippen LogP contribution in [0.4, 0.5) is 14.9 Å². The van der Waals surface area contributed by atoms with Crippen LogP contribution in [0.25, 0.3) is 0 Å². The molecule has 0 saturated carbocycles. The molecule has 126 valence electrons. The van der Waals surface area contributed by atoms with Crippen LogP contribution in [0.2, 0.25) is 5.02 Å². The Morgan fingerprint density at radius 3 is 2.25 bits per heavy atom. The maximum atomic E-state index is 12.8. The molecule has 8 heteroatoms. The summed E-state index contributed by atoms with van der Waals surface area (Å²) in [7, 11) is -3.49. The predicted octanol–water partition coefficient (Wildman–Crippen LogP) is 3.17. The topological polar surface area (TPSA) is 66.5 Å². The molecule has 0 spiro atoms. The molecular weight excluding hydrogens is 355 g/mol. The molecule has 1 aliphatic heterocycles. The number of nitrogens with one attached hydrogen (secondary N) is 1. The summed E-state index contributed by atoms with van der Waals surface area (Å²) in [5.74, 6) is -0.397. The summed E-state index contributed by atoms with van der Waals surface area (Å²) in [4.78, 5) is 13.6. The fourth-order valence-electron chi connectivity index (χ4n) is 2.35. The van der Waals surface area contributed by atoms with Gasteiger partial charge in [0.15, 0.2) is 9.84 Å². The summed E-state index contributed by atoms with van der Waals surface area (Å²) in [5, 5.41) is 2.42. The molecule has 0 bridgehead atoms. The van der Waals surface area contributed by atoms with Gasteiger partial charge < -0.3 is 10.2 Å². The Balaban J connectivity index is 1.61. The average Bonchev–Trinajstić information content (AvgIpc) is 2.48. The van der Waals surface area contributed by atoms with Crippen LogP contribution in [0, 0.1) is 5.82 Å². The first-order valence-electron chi connectivity index (χ1n) is 7.17. The van der Waals surface area contributed by atoms with Crippen LogP contribution in [0.1, 0.15) is 0 Å². The van der Waals surface area contributed by atoms with E-state index in [0.717, 1.165) is 0 Å². The average molecular weight is 369 g/mol. The molecule has 2 aromatic carbocycles. The first kappa shape index (κ1) is 16.7. The van der Waals surface area contributed by atoms with Crippen LogP contribution in [0.15, 0.2) is 53.4 Å². The zero-order valence-corrected chi connectivity index (χ0v) is 14.0. The van der Waals surface area contributed by atoms with Gasteiger partial charge >= 0.3 is 6.03 Å². The summed E-state index contributed by atoms with van der Waals surface area (Å²) in [6.07, 6.45) is 0. The van der Waals surface area contributed by atoms with Gasteiger partial charge in [-0.05, 0) is 48.5 Å². The third-order valence-corrected chi connectivity index (χ3v) is 6.17. The molecule has 0 radical (unpaired) electrons. The number of sulfone groups is 1. The number of halogens is 2. The normalized spacial score (nSPS) is 15.0. The van der Waals surface area contributed by atoms with E-state index >= 15 is 0 Å². The minimum absolute atomic E-state index is 0.109. The lowest BCUT2D eigenvalue weighted by Gasteiger charge is -2.38. The second-order valence-electron chi connectivity index (χ2n) is 5.46. The SMILES string of the molecule is O=C(Nc1ccc(F)cc1)N1CC(S(=O)(=O)c2ccc(Cl)cc2)C1. The van der Waals surface area contributed by atoms with Crippen LogP contribution >= 0.6 is 11.6 Å². The molecule has 0 unspecified atom stereocenters. The fraction of sp³-hybridized carbons (Fsp3) is 0.188. The van der Waals surface area contributed by atoms with Crippen molar-refractivity contribution in [3.63, 3.8) is 0 Å². The van der Waals surface area contributed by atoms with E-state index < -0.39 is 26.9 Å². The van der Waals surface area contributed by atoms with Gasteiger partial charge in [-0.1, -0.05) is 11.6 Å². The molecule has 0 aliphatic carbocycles. The Kier molecular flexibility index (Phi) is 4.47. The number of likely N-dealkylation sites (tertiary alicyclic amines) is 1. The Bertz CT molecular complexity index is 848. The van der Waals surface area contributed by atoms with E-state index in [4.69, 9.17) is 11.6 Å². The van der Waals surface area contributed by atoms with Crippen molar-refractivity contribution in [2.24, 2.45) is 0 Å². The van der Waals surface area contributed by atoms with Crippen LogP contribution in [0.3, 0.4) is 0 Å². The number of nitrogens with zero attached hydrogens (tertiary/aromatic N) is 1. The summed E-state index contributed by atoms with van der Waals surface area (Å²) >= 11 is 5.76. The van der Waals surface area contributed by atoms with E-state index in [2.05, 4.69) is 5.32 Å². The van der Waals surface area contributed by atoms with Crippen molar-refractivity contribution in [2.75, 3.05) is 18.4 Å². The van der Waals surface area contributed by atoms with Crippen molar-refractivity contribution in [3.8, 4) is 0 Å². The van der Waals surface area contributed by atoms with E-state index in [1.165, 1.54) is 53.4 Å². The molecule has 1 fully saturated rings. The third kappa shape index (κ3) is 3.37. The summed E-state index contributed by atoms with van der Waals surface area (Å²) in [5.41, 5.74) is 0.449. The van der Waals surface area contributed by atoms with E-state index in [0.29, 0.717) is 10.7 Å². The molecule has 2 aromatic rings. The highest BCUT2D eigenvalue weighted by Gasteiger charge is 2.40. The highest BCUT2D eigenvalue weighted by atomic mass is 35.5. The first-order valence-corrected chi connectivity index (χ1v) is 9.09. The van der Waals surface area contributed by atoms with Crippen LogP contribution in [0.5, 0.6) is 0 Å². The van der Waals surface area contributed by atoms with Gasteiger partial charge in [0.05, 0.1) is 4.90 Å². The van der Waals surface area contributed by atoms with E-state index in [1.807, 2.05) is 0 Å². The Morgan fingerprint density at radius 2 is 1.67 bits per heavy atom. The molecule has 2 amide bonds. The number of hydrogen-bond acceptors (Lipinski definition) is 3. The number of anilines is 1. The van der Waals surface area contributed by atoms with Gasteiger partial charge in [-0.25, -0.2) is 17.6 Å². The number of urea groups is 1. The monoisotopic (exact) mass is 368 g/mol. The molecule has 0 atom stereocenters.